The van der Waals surface area contributed by atoms with E-state index in [-0.39, 0.29) is 18.6 Å². The van der Waals surface area contributed by atoms with Gasteiger partial charge in [-0.25, -0.2) is 4.79 Å². The second kappa shape index (κ2) is 8.47. The third-order valence-corrected chi connectivity index (χ3v) is 4.76. The van der Waals surface area contributed by atoms with Crippen molar-refractivity contribution < 1.29 is 9.53 Å². The van der Waals surface area contributed by atoms with E-state index in [2.05, 4.69) is 4.98 Å². The third-order valence-electron chi connectivity index (χ3n) is 4.76. The van der Waals surface area contributed by atoms with E-state index in [4.69, 9.17) is 4.74 Å². The summed E-state index contributed by atoms with van der Waals surface area (Å²) in [4.78, 5) is 39.7. The monoisotopic (exact) mass is 394 g/mol. The highest BCUT2D eigenvalue weighted by Gasteiger charge is 2.20. The van der Waals surface area contributed by atoms with Crippen LogP contribution in [0.3, 0.4) is 0 Å². The van der Waals surface area contributed by atoms with Crippen molar-refractivity contribution in [1.29, 1.82) is 0 Å². The van der Waals surface area contributed by atoms with E-state index in [1.807, 2.05) is 56.3 Å². The van der Waals surface area contributed by atoms with E-state index < -0.39 is 17.2 Å². The minimum Gasteiger partial charge on any atom is -0.462 e. The van der Waals surface area contributed by atoms with Crippen molar-refractivity contribution >= 4 is 16.7 Å². The standard InChI is InChI=1S/C23H26N2O4/c1-14(2)21-19(12-16-9-10-17-7-5-6-8-18(17)11-16)25(23(28)24-22(21)27)13-20(26)29-15(3)4/h5-11,14-15H,12-13H2,1-4H3,(H,24,27,28). The number of hydrogen-bond acceptors (Lipinski definition) is 4. The van der Waals surface area contributed by atoms with E-state index in [0.717, 1.165) is 16.3 Å². The van der Waals surface area contributed by atoms with Gasteiger partial charge in [0, 0.05) is 17.7 Å². The molecule has 0 atom stereocenters. The molecule has 29 heavy (non-hydrogen) atoms. The van der Waals surface area contributed by atoms with Crippen LogP contribution in [0.15, 0.2) is 52.1 Å². The van der Waals surface area contributed by atoms with Crippen LogP contribution in [0.4, 0.5) is 0 Å². The van der Waals surface area contributed by atoms with Crippen molar-refractivity contribution in [3.8, 4) is 0 Å². The first-order valence-electron chi connectivity index (χ1n) is 9.79. The van der Waals surface area contributed by atoms with E-state index >= 15 is 0 Å². The van der Waals surface area contributed by atoms with Gasteiger partial charge in [0.2, 0.25) is 0 Å². The summed E-state index contributed by atoms with van der Waals surface area (Å²) in [6, 6.07) is 14.0. The van der Waals surface area contributed by atoms with Gasteiger partial charge in [0.05, 0.1) is 6.10 Å². The summed E-state index contributed by atoms with van der Waals surface area (Å²) in [6.07, 6.45) is 0.0846. The molecule has 0 spiro atoms. The van der Waals surface area contributed by atoms with E-state index in [1.165, 1.54) is 4.57 Å². The highest BCUT2D eigenvalue weighted by Crippen LogP contribution is 2.21. The lowest BCUT2D eigenvalue weighted by molar-refractivity contribution is -0.148. The minimum atomic E-state index is -0.601. The zero-order valence-electron chi connectivity index (χ0n) is 17.2. The van der Waals surface area contributed by atoms with Crippen LogP contribution in [0.25, 0.3) is 10.8 Å². The molecular formula is C23H26N2O4. The fraction of sp³-hybridized carbons (Fsp3) is 0.348. The fourth-order valence-corrected chi connectivity index (χ4v) is 3.56. The maximum Gasteiger partial charge on any atom is 0.329 e. The maximum atomic E-state index is 12.6. The fourth-order valence-electron chi connectivity index (χ4n) is 3.56. The number of benzene rings is 2. The number of ether oxygens (including phenoxy) is 1. The van der Waals surface area contributed by atoms with Crippen LogP contribution in [-0.2, 0) is 22.5 Å². The summed E-state index contributed by atoms with van der Waals surface area (Å²) in [5.74, 6) is -0.620. The summed E-state index contributed by atoms with van der Waals surface area (Å²) in [7, 11) is 0. The molecule has 0 amide bonds. The maximum absolute atomic E-state index is 12.6. The molecule has 3 aromatic rings. The van der Waals surface area contributed by atoms with Gasteiger partial charge in [-0.15, -0.1) is 0 Å². The van der Waals surface area contributed by atoms with E-state index in [9.17, 15) is 14.4 Å². The molecule has 0 bridgehead atoms. The normalized spacial score (nSPS) is 11.4. The lowest BCUT2D eigenvalue weighted by atomic mass is 9.96. The Labute approximate surface area is 169 Å². The molecule has 3 rings (SSSR count). The average molecular weight is 394 g/mol. The highest BCUT2D eigenvalue weighted by atomic mass is 16.5. The number of nitrogens with zero attached hydrogens (tertiary/aromatic N) is 1. The SMILES string of the molecule is CC(C)OC(=O)Cn1c(Cc2ccc3ccccc3c2)c(C(C)C)c(=O)[nH]c1=O. The topological polar surface area (TPSA) is 81.2 Å². The van der Waals surface area contributed by atoms with Gasteiger partial charge in [-0.2, -0.15) is 0 Å². The first-order valence-corrected chi connectivity index (χ1v) is 9.79. The molecule has 2 aromatic carbocycles. The molecule has 0 radical (unpaired) electrons. The second-order valence-corrected chi connectivity index (χ2v) is 7.76. The number of fused-ring (bicyclic) bond motifs is 1. The summed E-state index contributed by atoms with van der Waals surface area (Å²) >= 11 is 0. The number of carbonyl (C=O) groups excluding carboxylic acids is 1. The van der Waals surface area contributed by atoms with Crippen LogP contribution in [0, 0.1) is 0 Å². The molecule has 6 heteroatoms. The van der Waals surface area contributed by atoms with Crippen LogP contribution in [0.2, 0.25) is 0 Å². The van der Waals surface area contributed by atoms with Gasteiger partial charge >= 0.3 is 11.7 Å². The molecule has 0 saturated carbocycles. The molecule has 6 nitrogen and oxygen atoms in total. The van der Waals surface area contributed by atoms with Crippen LogP contribution in [0.5, 0.6) is 0 Å². The molecular weight excluding hydrogens is 368 g/mol. The van der Waals surface area contributed by atoms with Crippen LogP contribution < -0.4 is 11.2 Å². The molecule has 1 aromatic heterocycles. The van der Waals surface area contributed by atoms with Gasteiger partial charge in [0.15, 0.2) is 0 Å². The van der Waals surface area contributed by atoms with Gasteiger partial charge in [-0.05, 0) is 36.1 Å². The van der Waals surface area contributed by atoms with Crippen molar-refractivity contribution in [2.75, 3.05) is 0 Å². The average Bonchev–Trinajstić information content (AvgIpc) is 2.63. The van der Waals surface area contributed by atoms with Gasteiger partial charge < -0.3 is 4.74 Å². The van der Waals surface area contributed by atoms with Crippen molar-refractivity contribution in [2.45, 2.75) is 52.7 Å². The largest absolute Gasteiger partial charge is 0.462 e. The van der Waals surface area contributed by atoms with Crippen LogP contribution >= 0.6 is 0 Å². The molecule has 0 saturated heterocycles. The first-order chi connectivity index (χ1) is 13.8. The molecule has 0 aliphatic heterocycles. The number of esters is 1. The molecule has 0 aliphatic carbocycles. The Morgan fingerprint density at radius 2 is 1.72 bits per heavy atom. The highest BCUT2D eigenvalue weighted by molar-refractivity contribution is 5.83. The molecule has 1 N–H and O–H groups in total. The van der Waals surface area contributed by atoms with Crippen LogP contribution in [0.1, 0.15) is 50.4 Å². The molecule has 0 aliphatic rings. The number of nitrogens with one attached hydrogen (secondary N) is 1. The smallest absolute Gasteiger partial charge is 0.329 e. The summed E-state index contributed by atoms with van der Waals surface area (Å²) in [6.45, 7) is 7.06. The van der Waals surface area contributed by atoms with Crippen molar-refractivity contribution in [3.05, 3.63) is 80.1 Å². The summed E-state index contributed by atoms with van der Waals surface area (Å²) in [5, 5.41) is 2.19. The lowest BCUT2D eigenvalue weighted by Crippen LogP contribution is -2.38. The number of aromatic amines is 1. The van der Waals surface area contributed by atoms with E-state index in [0.29, 0.717) is 17.7 Å². The van der Waals surface area contributed by atoms with Crippen LogP contribution in [-0.4, -0.2) is 21.6 Å². The van der Waals surface area contributed by atoms with Gasteiger partial charge in [0.25, 0.3) is 5.56 Å². The molecule has 0 unspecified atom stereocenters. The first kappa shape index (κ1) is 20.6. The number of aromatic nitrogens is 2. The Kier molecular flexibility index (Phi) is 6.01. The minimum absolute atomic E-state index is 0.109. The number of H-pyrrole nitrogens is 1. The van der Waals surface area contributed by atoms with Gasteiger partial charge in [0.1, 0.15) is 6.54 Å². The van der Waals surface area contributed by atoms with E-state index in [1.54, 1.807) is 13.8 Å². The summed E-state index contributed by atoms with van der Waals surface area (Å²) in [5.41, 5.74) is 1.01. The second-order valence-electron chi connectivity index (χ2n) is 7.76. The summed E-state index contributed by atoms with van der Waals surface area (Å²) < 4.78 is 6.54. The van der Waals surface area contributed by atoms with Gasteiger partial charge in [-0.1, -0.05) is 56.3 Å². The van der Waals surface area contributed by atoms with Crippen molar-refractivity contribution in [1.82, 2.24) is 9.55 Å². The van der Waals surface area contributed by atoms with Crippen molar-refractivity contribution in [3.63, 3.8) is 0 Å². The zero-order valence-corrected chi connectivity index (χ0v) is 17.2. The lowest BCUT2D eigenvalue weighted by Gasteiger charge is -2.18. The zero-order chi connectivity index (χ0) is 21.1. The Morgan fingerprint density at radius 3 is 2.38 bits per heavy atom. The van der Waals surface area contributed by atoms with Crippen molar-refractivity contribution in [2.24, 2.45) is 0 Å². The predicted molar refractivity (Wildman–Crippen MR) is 113 cm³/mol. The molecule has 0 fully saturated rings. The number of carbonyl (C=O) groups is 1. The number of rotatable bonds is 6. The third kappa shape index (κ3) is 4.65. The Bertz CT molecular complexity index is 1160. The predicted octanol–water partition coefficient (Wildman–Crippen LogP) is 3.36. The van der Waals surface area contributed by atoms with Gasteiger partial charge in [-0.3, -0.25) is 19.1 Å². The molecule has 152 valence electrons. The molecule has 1 heterocycles. The Hall–Kier alpha value is -3.15. The Morgan fingerprint density at radius 1 is 1.03 bits per heavy atom. The Balaban J connectivity index is 2.11. The quantitative estimate of drug-likeness (QED) is 0.650. The number of hydrogen-bond donors (Lipinski definition) is 1.